The van der Waals surface area contributed by atoms with E-state index in [1.54, 1.807) is 31.8 Å². The molecule has 1 amide bonds. The number of hydrogen-bond acceptors (Lipinski definition) is 11. The zero-order chi connectivity index (χ0) is 29.2. The lowest BCUT2D eigenvalue weighted by Gasteiger charge is -2.12. The van der Waals surface area contributed by atoms with Crippen molar-refractivity contribution < 1.29 is 19.0 Å². The van der Waals surface area contributed by atoms with Gasteiger partial charge in [0.05, 0.1) is 39.9 Å². The zero-order valence-corrected chi connectivity index (χ0v) is 23.7. The molecule has 0 aliphatic rings. The second-order valence-corrected chi connectivity index (χ2v) is 9.01. The third kappa shape index (κ3) is 10.7. The highest BCUT2D eigenvalue weighted by Crippen LogP contribution is 2.19. The standard InChI is InChI=1S/C29H37N9O4/c1-40-25-10-8-24(9-11-25)34-29-36-27(32-12-5-16-38-17-13-30-22-38)35-28(37-29)33-15-19-42-21-20-41-18-14-31-26(39)23-6-3-2-4-7-23/h2-4,6-11,13,17,22H,5,12,14-16,18-21H2,1H3,(H,31,39)(H3,32,33,34,35,36,37). The number of amides is 1. The van der Waals surface area contributed by atoms with Gasteiger partial charge in [-0.25, -0.2) is 4.98 Å². The van der Waals surface area contributed by atoms with Gasteiger partial charge in [-0.1, -0.05) is 18.2 Å². The van der Waals surface area contributed by atoms with Crippen molar-refractivity contribution in [3.63, 3.8) is 0 Å². The molecule has 4 N–H and O–H groups in total. The molecule has 2 heterocycles. The van der Waals surface area contributed by atoms with E-state index < -0.39 is 0 Å². The predicted octanol–water partition coefficient (Wildman–Crippen LogP) is 3.20. The fraction of sp³-hybridized carbons (Fsp3) is 0.345. The van der Waals surface area contributed by atoms with E-state index in [1.165, 1.54) is 0 Å². The Bertz CT molecular complexity index is 1320. The highest BCUT2D eigenvalue weighted by Gasteiger charge is 2.08. The van der Waals surface area contributed by atoms with Gasteiger partial charge in [-0.05, 0) is 42.8 Å². The highest BCUT2D eigenvalue weighted by atomic mass is 16.5. The quantitative estimate of drug-likeness (QED) is 0.122. The average molecular weight is 576 g/mol. The average Bonchev–Trinajstić information content (AvgIpc) is 3.55. The topological polar surface area (TPSA) is 149 Å². The van der Waals surface area contributed by atoms with Crippen LogP contribution < -0.4 is 26.0 Å². The largest absolute Gasteiger partial charge is 0.497 e. The van der Waals surface area contributed by atoms with Gasteiger partial charge in [0.2, 0.25) is 17.8 Å². The van der Waals surface area contributed by atoms with Crippen molar-refractivity contribution in [2.75, 3.05) is 69.1 Å². The van der Waals surface area contributed by atoms with Crippen LogP contribution in [0.4, 0.5) is 23.5 Å². The number of imidazole rings is 1. The fourth-order valence-electron chi connectivity index (χ4n) is 3.76. The molecule has 222 valence electrons. The van der Waals surface area contributed by atoms with Gasteiger partial charge in [0.1, 0.15) is 5.75 Å². The molecule has 0 aliphatic carbocycles. The Kier molecular flexibility index (Phi) is 12.3. The van der Waals surface area contributed by atoms with E-state index in [-0.39, 0.29) is 5.91 Å². The van der Waals surface area contributed by atoms with Gasteiger partial charge in [0, 0.05) is 49.8 Å². The molecule has 0 saturated heterocycles. The third-order valence-electron chi connectivity index (χ3n) is 5.89. The van der Waals surface area contributed by atoms with Crippen molar-refractivity contribution in [2.45, 2.75) is 13.0 Å². The van der Waals surface area contributed by atoms with Crippen LogP contribution in [0, 0.1) is 0 Å². The summed E-state index contributed by atoms with van der Waals surface area (Å²) in [7, 11) is 1.63. The van der Waals surface area contributed by atoms with E-state index in [0.29, 0.717) is 69.5 Å². The summed E-state index contributed by atoms with van der Waals surface area (Å²) < 4.78 is 18.4. The molecule has 0 aliphatic heterocycles. The van der Waals surface area contributed by atoms with Crippen molar-refractivity contribution in [2.24, 2.45) is 0 Å². The monoisotopic (exact) mass is 575 g/mol. The highest BCUT2D eigenvalue weighted by molar-refractivity contribution is 5.94. The zero-order valence-electron chi connectivity index (χ0n) is 23.7. The minimum absolute atomic E-state index is 0.116. The smallest absolute Gasteiger partial charge is 0.251 e. The molecule has 0 atom stereocenters. The van der Waals surface area contributed by atoms with Gasteiger partial charge in [-0.2, -0.15) is 15.0 Å². The molecule has 2 aromatic heterocycles. The summed E-state index contributed by atoms with van der Waals surface area (Å²) in [5.41, 5.74) is 1.45. The van der Waals surface area contributed by atoms with Crippen LogP contribution in [0.3, 0.4) is 0 Å². The van der Waals surface area contributed by atoms with E-state index in [9.17, 15) is 4.79 Å². The number of methoxy groups -OCH3 is 1. The number of nitrogens with zero attached hydrogens (tertiary/aromatic N) is 5. The number of aryl methyl sites for hydroxylation is 1. The van der Waals surface area contributed by atoms with Gasteiger partial charge >= 0.3 is 0 Å². The minimum atomic E-state index is -0.116. The molecule has 42 heavy (non-hydrogen) atoms. The molecule has 4 rings (SSSR count). The Balaban J connectivity index is 1.17. The second-order valence-electron chi connectivity index (χ2n) is 9.01. The number of aromatic nitrogens is 5. The Morgan fingerprint density at radius 2 is 1.50 bits per heavy atom. The first-order valence-corrected chi connectivity index (χ1v) is 13.8. The van der Waals surface area contributed by atoms with Gasteiger partial charge in [0.15, 0.2) is 0 Å². The first-order valence-electron chi connectivity index (χ1n) is 13.8. The molecular formula is C29H37N9O4. The van der Waals surface area contributed by atoms with Crippen molar-refractivity contribution >= 4 is 29.4 Å². The number of anilines is 4. The molecule has 0 spiro atoms. The minimum Gasteiger partial charge on any atom is -0.497 e. The fourth-order valence-corrected chi connectivity index (χ4v) is 3.76. The lowest BCUT2D eigenvalue weighted by atomic mass is 10.2. The third-order valence-corrected chi connectivity index (χ3v) is 5.89. The lowest BCUT2D eigenvalue weighted by Crippen LogP contribution is -2.27. The molecule has 4 aromatic rings. The molecule has 0 radical (unpaired) electrons. The normalized spacial score (nSPS) is 10.7. The molecule has 2 aromatic carbocycles. The van der Waals surface area contributed by atoms with Crippen LogP contribution in [-0.4, -0.2) is 83.6 Å². The molecule has 13 nitrogen and oxygen atoms in total. The van der Waals surface area contributed by atoms with E-state index in [4.69, 9.17) is 14.2 Å². The molecule has 0 fully saturated rings. The molecule has 0 bridgehead atoms. The second kappa shape index (κ2) is 17.1. The van der Waals surface area contributed by atoms with Crippen LogP contribution in [-0.2, 0) is 16.0 Å². The van der Waals surface area contributed by atoms with Crippen molar-refractivity contribution in [3.05, 3.63) is 78.9 Å². The van der Waals surface area contributed by atoms with Crippen LogP contribution >= 0.6 is 0 Å². The Labute approximate surface area is 245 Å². The number of carbonyl (C=O) groups is 1. The van der Waals surface area contributed by atoms with E-state index in [2.05, 4.69) is 41.2 Å². The first kappa shape index (κ1) is 30.2. The summed E-state index contributed by atoms with van der Waals surface area (Å²) in [5.74, 6) is 1.94. The SMILES string of the molecule is COc1ccc(Nc2nc(NCCCn3ccnc3)nc(NCCOCCOCCNC(=O)c3ccccc3)n2)cc1. The lowest BCUT2D eigenvalue weighted by molar-refractivity contribution is 0.0519. The van der Waals surface area contributed by atoms with E-state index in [0.717, 1.165) is 24.4 Å². The summed E-state index contributed by atoms with van der Waals surface area (Å²) >= 11 is 0. The van der Waals surface area contributed by atoms with Gasteiger partial charge in [-0.3, -0.25) is 4.79 Å². The number of carbonyl (C=O) groups excluding carboxylic acids is 1. The summed E-state index contributed by atoms with van der Waals surface area (Å²) in [5, 5.41) is 12.5. The summed E-state index contributed by atoms with van der Waals surface area (Å²) in [4.78, 5) is 29.6. The number of nitrogens with one attached hydrogen (secondary N) is 4. The number of ether oxygens (including phenoxy) is 3. The number of benzene rings is 2. The summed E-state index contributed by atoms with van der Waals surface area (Å²) in [6, 6.07) is 16.6. The molecule has 13 heteroatoms. The van der Waals surface area contributed by atoms with Crippen LogP contribution in [0.2, 0.25) is 0 Å². The molecule has 0 saturated carbocycles. The summed E-state index contributed by atoms with van der Waals surface area (Å²) in [6.45, 7) is 4.16. The number of rotatable bonds is 19. The van der Waals surface area contributed by atoms with Gasteiger partial charge in [0.25, 0.3) is 5.91 Å². The Morgan fingerprint density at radius 3 is 2.19 bits per heavy atom. The van der Waals surface area contributed by atoms with Crippen molar-refractivity contribution in [1.82, 2.24) is 29.8 Å². The first-order chi connectivity index (χ1) is 20.7. The van der Waals surface area contributed by atoms with Crippen LogP contribution in [0.25, 0.3) is 0 Å². The van der Waals surface area contributed by atoms with E-state index >= 15 is 0 Å². The maximum Gasteiger partial charge on any atom is 0.251 e. The Morgan fingerprint density at radius 1 is 0.810 bits per heavy atom. The Hall–Kier alpha value is -4.75. The van der Waals surface area contributed by atoms with Crippen molar-refractivity contribution in [3.8, 4) is 5.75 Å². The van der Waals surface area contributed by atoms with Crippen LogP contribution in [0.1, 0.15) is 16.8 Å². The van der Waals surface area contributed by atoms with Gasteiger partial charge in [-0.15, -0.1) is 0 Å². The maximum absolute atomic E-state index is 12.0. The number of hydrogen-bond donors (Lipinski definition) is 4. The predicted molar refractivity (Wildman–Crippen MR) is 160 cm³/mol. The van der Waals surface area contributed by atoms with Crippen LogP contribution in [0.15, 0.2) is 73.3 Å². The van der Waals surface area contributed by atoms with E-state index in [1.807, 2.05) is 53.2 Å². The maximum atomic E-state index is 12.0. The molecular weight excluding hydrogens is 538 g/mol. The van der Waals surface area contributed by atoms with Crippen LogP contribution in [0.5, 0.6) is 5.75 Å². The summed E-state index contributed by atoms with van der Waals surface area (Å²) in [6.07, 6.45) is 6.37. The van der Waals surface area contributed by atoms with Gasteiger partial charge < -0.3 is 40.0 Å². The van der Waals surface area contributed by atoms with Crippen molar-refractivity contribution in [1.29, 1.82) is 0 Å². The molecule has 0 unspecified atom stereocenters.